The summed E-state index contributed by atoms with van der Waals surface area (Å²) in [6, 6.07) is 11.5. The number of aromatic nitrogens is 1. The SMILES string of the molecule is CC(C)(C)[C@@H]1OC(=O)[C@H](CC(=O)c2cccnc2)N1C(=O)OCc1ccccc1. The zero-order chi connectivity index (χ0) is 21.0. The highest BCUT2D eigenvalue weighted by molar-refractivity contribution is 5.99. The number of ether oxygens (including phenoxy) is 2. The third kappa shape index (κ3) is 4.80. The first-order valence-corrected chi connectivity index (χ1v) is 9.40. The lowest BCUT2D eigenvalue weighted by atomic mass is 9.93. The molecule has 7 nitrogen and oxygen atoms in total. The van der Waals surface area contributed by atoms with Gasteiger partial charge in [-0.3, -0.25) is 14.7 Å². The molecule has 1 aromatic carbocycles. The van der Waals surface area contributed by atoms with E-state index in [1.807, 2.05) is 51.1 Å². The number of esters is 1. The van der Waals surface area contributed by atoms with Crippen molar-refractivity contribution in [2.45, 2.75) is 46.1 Å². The molecule has 1 fully saturated rings. The third-order valence-electron chi connectivity index (χ3n) is 4.61. The largest absolute Gasteiger partial charge is 0.444 e. The van der Waals surface area contributed by atoms with E-state index in [0.29, 0.717) is 5.56 Å². The molecule has 1 aliphatic heterocycles. The predicted octanol–water partition coefficient (Wildman–Crippen LogP) is 3.59. The Morgan fingerprint density at radius 3 is 2.48 bits per heavy atom. The van der Waals surface area contributed by atoms with Crippen molar-refractivity contribution in [3.63, 3.8) is 0 Å². The number of pyridine rings is 1. The van der Waals surface area contributed by atoms with Gasteiger partial charge in [0.15, 0.2) is 12.0 Å². The van der Waals surface area contributed by atoms with Crippen LogP contribution in [0.2, 0.25) is 0 Å². The van der Waals surface area contributed by atoms with Crippen LogP contribution in [-0.2, 0) is 20.9 Å². The molecule has 1 amide bonds. The molecule has 29 heavy (non-hydrogen) atoms. The monoisotopic (exact) mass is 396 g/mol. The topological polar surface area (TPSA) is 85.8 Å². The molecule has 2 atom stereocenters. The molecule has 1 aliphatic rings. The third-order valence-corrected chi connectivity index (χ3v) is 4.61. The summed E-state index contributed by atoms with van der Waals surface area (Å²) in [6.45, 7) is 5.62. The quantitative estimate of drug-likeness (QED) is 0.567. The highest BCUT2D eigenvalue weighted by atomic mass is 16.6. The minimum absolute atomic E-state index is 0.0600. The number of hydrogen-bond donors (Lipinski definition) is 0. The van der Waals surface area contributed by atoms with Crippen LogP contribution < -0.4 is 0 Å². The Morgan fingerprint density at radius 1 is 1.14 bits per heavy atom. The van der Waals surface area contributed by atoms with Gasteiger partial charge < -0.3 is 9.47 Å². The van der Waals surface area contributed by atoms with Gasteiger partial charge in [-0.2, -0.15) is 0 Å². The first-order valence-electron chi connectivity index (χ1n) is 9.40. The summed E-state index contributed by atoms with van der Waals surface area (Å²) < 4.78 is 10.9. The molecule has 0 saturated carbocycles. The van der Waals surface area contributed by atoms with E-state index in [9.17, 15) is 14.4 Å². The van der Waals surface area contributed by atoms with Crippen LogP contribution in [0.3, 0.4) is 0 Å². The van der Waals surface area contributed by atoms with Gasteiger partial charge in [-0.1, -0.05) is 51.1 Å². The lowest BCUT2D eigenvalue weighted by molar-refractivity contribution is -0.147. The summed E-state index contributed by atoms with van der Waals surface area (Å²) in [5.74, 6) is -0.908. The Morgan fingerprint density at radius 2 is 1.86 bits per heavy atom. The lowest BCUT2D eigenvalue weighted by Gasteiger charge is -2.33. The van der Waals surface area contributed by atoms with Crippen LogP contribution in [0.1, 0.15) is 43.1 Å². The molecule has 0 bridgehead atoms. The first kappa shape index (κ1) is 20.5. The summed E-state index contributed by atoms with van der Waals surface area (Å²) in [5.41, 5.74) is 0.646. The van der Waals surface area contributed by atoms with Crippen LogP contribution in [0.25, 0.3) is 0 Å². The van der Waals surface area contributed by atoms with Crippen LogP contribution in [0.4, 0.5) is 4.79 Å². The molecule has 0 aliphatic carbocycles. The number of nitrogens with zero attached hydrogens (tertiary/aromatic N) is 2. The van der Waals surface area contributed by atoms with Crippen LogP contribution in [0, 0.1) is 5.41 Å². The van der Waals surface area contributed by atoms with Crippen LogP contribution in [0.5, 0.6) is 0 Å². The Bertz CT molecular complexity index is 877. The van der Waals surface area contributed by atoms with Crippen molar-refractivity contribution in [3.05, 3.63) is 66.0 Å². The van der Waals surface area contributed by atoms with Crippen LogP contribution in [0.15, 0.2) is 54.9 Å². The van der Waals surface area contributed by atoms with Crippen molar-refractivity contribution >= 4 is 17.8 Å². The molecule has 0 unspecified atom stereocenters. The van der Waals surface area contributed by atoms with Gasteiger partial charge in [-0.15, -0.1) is 0 Å². The average molecular weight is 396 g/mol. The van der Waals surface area contributed by atoms with E-state index in [2.05, 4.69) is 4.98 Å². The maximum atomic E-state index is 12.9. The van der Waals surface area contributed by atoms with Crippen LogP contribution in [-0.4, -0.2) is 40.0 Å². The van der Waals surface area contributed by atoms with Gasteiger partial charge >= 0.3 is 12.1 Å². The number of ketones is 1. The standard InChI is InChI=1S/C22H24N2O5/c1-22(2,3)20-24(21(27)28-14-15-8-5-4-6-9-15)17(19(26)29-20)12-18(25)16-10-7-11-23-13-16/h4-11,13,17,20H,12,14H2,1-3H3/t17-,20-/m0/s1. The Kier molecular flexibility index (Phi) is 5.96. The normalized spacial score (nSPS) is 19.0. The highest BCUT2D eigenvalue weighted by Gasteiger charge is 2.51. The molecular formula is C22H24N2O5. The summed E-state index contributed by atoms with van der Waals surface area (Å²) in [6.07, 6.45) is 1.27. The minimum atomic E-state index is -1.05. The number of hydrogen-bond acceptors (Lipinski definition) is 6. The predicted molar refractivity (Wildman–Crippen MR) is 105 cm³/mol. The second kappa shape index (κ2) is 8.43. The Balaban J connectivity index is 1.80. The second-order valence-electron chi connectivity index (χ2n) is 7.99. The fraction of sp³-hybridized carbons (Fsp3) is 0.364. The van der Waals surface area contributed by atoms with E-state index in [1.54, 1.807) is 18.3 Å². The summed E-state index contributed by atoms with van der Waals surface area (Å²) in [7, 11) is 0. The smallest absolute Gasteiger partial charge is 0.413 e. The number of benzene rings is 1. The molecule has 2 heterocycles. The summed E-state index contributed by atoms with van der Waals surface area (Å²) in [5, 5.41) is 0. The number of Topliss-reactive ketones (excluding diaryl/α,β-unsaturated/α-hetero) is 1. The molecule has 3 rings (SSSR count). The van der Waals surface area contributed by atoms with Gasteiger partial charge in [0.2, 0.25) is 0 Å². The fourth-order valence-corrected chi connectivity index (χ4v) is 3.14. The Labute approximate surface area is 169 Å². The number of cyclic esters (lactones) is 1. The van der Waals surface area contributed by atoms with E-state index in [4.69, 9.17) is 9.47 Å². The van der Waals surface area contributed by atoms with Gasteiger partial charge in [0.25, 0.3) is 0 Å². The number of carbonyl (C=O) groups excluding carboxylic acids is 3. The lowest BCUT2D eigenvalue weighted by Crippen LogP contribution is -2.48. The number of rotatable bonds is 5. The molecule has 2 aromatic rings. The first-order chi connectivity index (χ1) is 13.8. The molecule has 1 saturated heterocycles. The minimum Gasteiger partial charge on any atom is -0.444 e. The van der Waals surface area contributed by atoms with E-state index in [-0.39, 0.29) is 18.8 Å². The Hall–Kier alpha value is -3.22. The second-order valence-corrected chi connectivity index (χ2v) is 7.99. The summed E-state index contributed by atoms with van der Waals surface area (Å²) in [4.78, 5) is 43.2. The van der Waals surface area contributed by atoms with Gasteiger partial charge in [0.1, 0.15) is 12.6 Å². The van der Waals surface area contributed by atoms with E-state index in [0.717, 1.165) is 5.56 Å². The molecule has 7 heteroatoms. The van der Waals surface area contributed by atoms with Crippen molar-refractivity contribution in [1.29, 1.82) is 0 Å². The maximum Gasteiger partial charge on any atom is 0.413 e. The molecule has 1 aromatic heterocycles. The van der Waals surface area contributed by atoms with Gasteiger partial charge in [0, 0.05) is 29.8 Å². The molecule has 0 radical (unpaired) electrons. The van der Waals surface area contributed by atoms with E-state index < -0.39 is 29.7 Å². The number of amides is 1. The summed E-state index contributed by atoms with van der Waals surface area (Å²) >= 11 is 0. The van der Waals surface area contributed by atoms with Gasteiger partial charge in [-0.25, -0.2) is 9.59 Å². The molecular weight excluding hydrogens is 372 g/mol. The van der Waals surface area contributed by atoms with Crippen molar-refractivity contribution in [1.82, 2.24) is 9.88 Å². The van der Waals surface area contributed by atoms with E-state index >= 15 is 0 Å². The fourth-order valence-electron chi connectivity index (χ4n) is 3.14. The van der Waals surface area contributed by atoms with Crippen molar-refractivity contribution < 1.29 is 23.9 Å². The average Bonchev–Trinajstić information content (AvgIpc) is 3.04. The molecule has 152 valence electrons. The van der Waals surface area contributed by atoms with Crippen molar-refractivity contribution in [2.75, 3.05) is 0 Å². The highest BCUT2D eigenvalue weighted by Crippen LogP contribution is 2.34. The zero-order valence-electron chi connectivity index (χ0n) is 16.7. The van der Waals surface area contributed by atoms with Gasteiger partial charge in [-0.05, 0) is 17.7 Å². The zero-order valence-corrected chi connectivity index (χ0v) is 16.7. The van der Waals surface area contributed by atoms with Crippen molar-refractivity contribution in [2.24, 2.45) is 5.41 Å². The molecule has 0 spiro atoms. The molecule has 0 N–H and O–H groups in total. The van der Waals surface area contributed by atoms with Gasteiger partial charge in [0.05, 0.1) is 0 Å². The number of carbonyl (C=O) groups is 3. The van der Waals surface area contributed by atoms with Crippen LogP contribution >= 0.6 is 0 Å². The van der Waals surface area contributed by atoms with E-state index in [1.165, 1.54) is 11.1 Å². The van der Waals surface area contributed by atoms with Crippen molar-refractivity contribution in [3.8, 4) is 0 Å². The maximum absolute atomic E-state index is 12.9.